The Labute approximate surface area is 218 Å². The van der Waals surface area contributed by atoms with Gasteiger partial charge in [0.25, 0.3) is 5.91 Å². The lowest BCUT2D eigenvalue weighted by Gasteiger charge is -2.10. The number of hydrazone groups is 1. The maximum Gasteiger partial charge on any atom is 0.379 e. The zero-order valence-electron chi connectivity index (χ0n) is 20.9. The molecule has 38 heavy (non-hydrogen) atoms. The summed E-state index contributed by atoms with van der Waals surface area (Å²) in [5.74, 6) is -0.310. The Bertz CT molecular complexity index is 1620. The summed E-state index contributed by atoms with van der Waals surface area (Å²) in [4.78, 5) is 28.8. The Balaban J connectivity index is 1.37. The normalized spacial score (nSPS) is 11.1. The fraction of sp³-hybridized carbons (Fsp3) is 0.100. The molecule has 2 heterocycles. The van der Waals surface area contributed by atoms with Crippen molar-refractivity contribution < 1.29 is 23.5 Å². The molecule has 0 unspecified atom stereocenters. The zero-order valence-corrected chi connectivity index (χ0v) is 20.9. The standard InChI is InChI=1S/C30H25N3O5/c1-3-36-25-17-20(14-15-23(25)38-30(35)24-13-8-16-37-24)18-31-33-29(34)28-26(21-10-5-4-6-11-21)22-12-7-9-19(2)27(22)32-28/h4-18,32H,3H2,1-2H3,(H,33,34). The van der Waals surface area contributed by atoms with Crippen LogP contribution >= 0.6 is 0 Å². The number of ether oxygens (including phenoxy) is 2. The third-order valence-electron chi connectivity index (χ3n) is 5.90. The Kier molecular flexibility index (Phi) is 7.04. The molecule has 2 N–H and O–H groups in total. The molecule has 5 aromatic rings. The number of nitrogens with zero attached hydrogens (tertiary/aromatic N) is 1. The number of nitrogens with one attached hydrogen (secondary N) is 2. The number of para-hydroxylation sites is 1. The molecule has 0 aliphatic rings. The van der Waals surface area contributed by atoms with E-state index in [1.165, 1.54) is 18.5 Å². The van der Waals surface area contributed by atoms with Crippen LogP contribution in [0.5, 0.6) is 11.5 Å². The number of carbonyl (C=O) groups is 2. The van der Waals surface area contributed by atoms with E-state index in [2.05, 4.69) is 15.5 Å². The molecule has 0 saturated carbocycles. The van der Waals surface area contributed by atoms with Crippen molar-refractivity contribution in [2.24, 2.45) is 5.10 Å². The van der Waals surface area contributed by atoms with Gasteiger partial charge in [0, 0.05) is 16.5 Å². The number of fused-ring (bicyclic) bond motifs is 1. The monoisotopic (exact) mass is 507 g/mol. The molecule has 8 heteroatoms. The van der Waals surface area contributed by atoms with E-state index < -0.39 is 5.97 Å². The maximum atomic E-state index is 13.2. The fourth-order valence-electron chi connectivity index (χ4n) is 4.16. The molecular formula is C30H25N3O5. The minimum atomic E-state index is -0.632. The third kappa shape index (κ3) is 5.05. The molecule has 0 fully saturated rings. The minimum absolute atomic E-state index is 0.0860. The second kappa shape index (κ2) is 10.9. The molecule has 0 bridgehead atoms. The minimum Gasteiger partial charge on any atom is -0.490 e. The average Bonchev–Trinajstić information content (AvgIpc) is 3.60. The number of aromatic amines is 1. The molecule has 0 atom stereocenters. The van der Waals surface area contributed by atoms with Crippen molar-refractivity contribution in [3.8, 4) is 22.6 Å². The Morgan fingerprint density at radius 2 is 1.84 bits per heavy atom. The van der Waals surface area contributed by atoms with E-state index in [9.17, 15) is 9.59 Å². The Morgan fingerprint density at radius 1 is 1.00 bits per heavy atom. The van der Waals surface area contributed by atoms with E-state index in [1.54, 1.807) is 24.3 Å². The van der Waals surface area contributed by atoms with E-state index >= 15 is 0 Å². The molecule has 190 valence electrons. The molecule has 3 aromatic carbocycles. The van der Waals surface area contributed by atoms with Gasteiger partial charge in [0.2, 0.25) is 5.76 Å². The molecule has 8 nitrogen and oxygen atoms in total. The first-order chi connectivity index (χ1) is 18.5. The van der Waals surface area contributed by atoms with Crippen LogP contribution in [0.25, 0.3) is 22.0 Å². The molecule has 0 aliphatic carbocycles. The van der Waals surface area contributed by atoms with Crippen molar-refractivity contribution in [1.29, 1.82) is 0 Å². The van der Waals surface area contributed by atoms with Crippen molar-refractivity contribution in [1.82, 2.24) is 10.4 Å². The summed E-state index contributed by atoms with van der Waals surface area (Å²) in [6.45, 7) is 4.19. The van der Waals surface area contributed by atoms with Crippen LogP contribution < -0.4 is 14.9 Å². The number of benzene rings is 3. The van der Waals surface area contributed by atoms with Gasteiger partial charge in [0.15, 0.2) is 11.5 Å². The quantitative estimate of drug-likeness (QED) is 0.114. The van der Waals surface area contributed by atoms with Gasteiger partial charge in [-0.25, -0.2) is 10.2 Å². The Morgan fingerprint density at radius 3 is 2.61 bits per heavy atom. The topological polar surface area (TPSA) is 106 Å². The van der Waals surface area contributed by atoms with Gasteiger partial charge >= 0.3 is 5.97 Å². The molecule has 0 spiro atoms. The largest absolute Gasteiger partial charge is 0.490 e. The second-order valence-corrected chi connectivity index (χ2v) is 8.44. The Hall–Kier alpha value is -5.11. The summed E-state index contributed by atoms with van der Waals surface area (Å²) in [6.07, 6.45) is 2.89. The number of hydrogen-bond acceptors (Lipinski definition) is 6. The maximum absolute atomic E-state index is 13.2. The van der Waals surface area contributed by atoms with Crippen LogP contribution in [0.1, 0.15) is 39.1 Å². The van der Waals surface area contributed by atoms with Crippen LogP contribution in [0.15, 0.2) is 94.6 Å². The van der Waals surface area contributed by atoms with E-state index in [0.29, 0.717) is 23.6 Å². The number of furan rings is 1. The van der Waals surface area contributed by atoms with Crippen LogP contribution in [0.3, 0.4) is 0 Å². The first kappa shape index (κ1) is 24.6. The summed E-state index contributed by atoms with van der Waals surface area (Å²) in [7, 11) is 0. The predicted octanol–water partition coefficient (Wildman–Crippen LogP) is 6.12. The third-order valence-corrected chi connectivity index (χ3v) is 5.90. The van der Waals surface area contributed by atoms with Gasteiger partial charge < -0.3 is 18.9 Å². The van der Waals surface area contributed by atoms with E-state index in [0.717, 1.165) is 27.6 Å². The number of aromatic nitrogens is 1. The number of rotatable bonds is 8. The van der Waals surface area contributed by atoms with Gasteiger partial charge in [0.05, 0.1) is 19.1 Å². The lowest BCUT2D eigenvalue weighted by molar-refractivity contribution is 0.0695. The van der Waals surface area contributed by atoms with Gasteiger partial charge in [-0.2, -0.15) is 5.10 Å². The van der Waals surface area contributed by atoms with Gasteiger partial charge in [-0.15, -0.1) is 0 Å². The summed E-state index contributed by atoms with van der Waals surface area (Å²) in [6, 6.07) is 23.8. The van der Waals surface area contributed by atoms with Crippen molar-refractivity contribution in [2.75, 3.05) is 6.61 Å². The van der Waals surface area contributed by atoms with Crippen molar-refractivity contribution in [3.63, 3.8) is 0 Å². The van der Waals surface area contributed by atoms with Gasteiger partial charge in [-0.3, -0.25) is 4.79 Å². The lowest BCUT2D eigenvalue weighted by Crippen LogP contribution is -2.19. The average molecular weight is 508 g/mol. The predicted molar refractivity (Wildman–Crippen MR) is 145 cm³/mol. The highest BCUT2D eigenvalue weighted by Crippen LogP contribution is 2.34. The number of carbonyl (C=O) groups excluding carboxylic acids is 2. The number of hydrogen-bond donors (Lipinski definition) is 2. The van der Waals surface area contributed by atoms with E-state index in [-0.39, 0.29) is 17.4 Å². The van der Waals surface area contributed by atoms with Gasteiger partial charge in [-0.05, 0) is 60.9 Å². The first-order valence-corrected chi connectivity index (χ1v) is 12.1. The molecule has 5 rings (SSSR count). The highest BCUT2D eigenvalue weighted by molar-refractivity contribution is 6.10. The van der Waals surface area contributed by atoms with Gasteiger partial charge in [0.1, 0.15) is 5.69 Å². The number of H-pyrrole nitrogens is 1. The summed E-state index contributed by atoms with van der Waals surface area (Å²) >= 11 is 0. The molecule has 2 aromatic heterocycles. The smallest absolute Gasteiger partial charge is 0.379 e. The number of amides is 1. The van der Waals surface area contributed by atoms with Crippen LogP contribution in [0.4, 0.5) is 0 Å². The van der Waals surface area contributed by atoms with Crippen LogP contribution in [-0.4, -0.2) is 29.7 Å². The van der Waals surface area contributed by atoms with Gasteiger partial charge in [-0.1, -0.05) is 48.5 Å². The summed E-state index contributed by atoms with van der Waals surface area (Å²) < 4.78 is 16.1. The molecule has 0 saturated heterocycles. The molecular weight excluding hydrogens is 482 g/mol. The number of aryl methyl sites for hydroxylation is 1. The van der Waals surface area contributed by atoms with Crippen LogP contribution in [0, 0.1) is 6.92 Å². The highest BCUT2D eigenvalue weighted by Gasteiger charge is 2.20. The van der Waals surface area contributed by atoms with Crippen molar-refractivity contribution in [3.05, 3.63) is 108 Å². The number of esters is 1. The highest BCUT2D eigenvalue weighted by atomic mass is 16.6. The van der Waals surface area contributed by atoms with Crippen molar-refractivity contribution in [2.45, 2.75) is 13.8 Å². The molecule has 0 radical (unpaired) electrons. The van der Waals surface area contributed by atoms with E-state index in [1.807, 2.05) is 62.4 Å². The second-order valence-electron chi connectivity index (χ2n) is 8.44. The first-order valence-electron chi connectivity index (χ1n) is 12.1. The lowest BCUT2D eigenvalue weighted by atomic mass is 10.0. The molecule has 0 aliphatic heterocycles. The van der Waals surface area contributed by atoms with Crippen LogP contribution in [0.2, 0.25) is 0 Å². The van der Waals surface area contributed by atoms with Crippen LogP contribution in [-0.2, 0) is 0 Å². The zero-order chi connectivity index (χ0) is 26.5. The fourth-order valence-corrected chi connectivity index (χ4v) is 4.16. The van der Waals surface area contributed by atoms with Crippen molar-refractivity contribution >= 4 is 29.0 Å². The SMILES string of the molecule is CCOc1cc(C=NNC(=O)c2[nH]c3c(C)cccc3c2-c2ccccc2)ccc1OC(=O)c1ccco1. The summed E-state index contributed by atoms with van der Waals surface area (Å²) in [5.41, 5.74) is 7.37. The molecule has 1 amide bonds. The van der Waals surface area contributed by atoms with E-state index in [4.69, 9.17) is 13.9 Å². The summed E-state index contributed by atoms with van der Waals surface area (Å²) in [5, 5.41) is 5.12.